The Bertz CT molecular complexity index is 308. The molecule has 0 fully saturated rings. The summed E-state index contributed by atoms with van der Waals surface area (Å²) in [6.45, 7) is 0. The fraction of sp³-hybridized carbons (Fsp3) is 0. The van der Waals surface area contributed by atoms with E-state index < -0.39 is 0 Å². The molecule has 0 aromatic heterocycles. The quantitative estimate of drug-likeness (QED) is 0.489. The van der Waals surface area contributed by atoms with Gasteiger partial charge < -0.3 is 17.0 Å². The Morgan fingerprint density at radius 2 is 1.43 bits per heavy atom. The molecule has 0 saturated heterocycles. The molecule has 0 spiro atoms. The third-order valence-electron chi connectivity index (χ3n) is 1.81. The number of rotatable bonds is 1. The van der Waals surface area contributed by atoms with Crippen LogP contribution in [0.1, 0.15) is 0 Å². The van der Waals surface area contributed by atoms with Crippen molar-refractivity contribution >= 4 is 23.1 Å². The molecule has 0 radical (unpaired) electrons. The van der Waals surface area contributed by atoms with Crippen LogP contribution in [0.5, 0.6) is 0 Å². The van der Waals surface area contributed by atoms with E-state index >= 15 is 0 Å². The summed E-state index contributed by atoms with van der Waals surface area (Å²) in [4.78, 5) is 0. The molecular weight excluding hydrogens is 248 g/mol. The minimum atomic E-state index is 0. The zero-order chi connectivity index (χ0) is 8.23. The fourth-order valence-electron chi connectivity index (χ4n) is 1.20. The summed E-state index contributed by atoms with van der Waals surface area (Å²) in [7, 11) is 0. The van der Waals surface area contributed by atoms with Crippen molar-refractivity contribution in [3.63, 3.8) is 0 Å². The van der Waals surface area contributed by atoms with Crippen LogP contribution in [0.2, 0.25) is 0 Å². The molecule has 2 heteroatoms. The molecule has 0 aliphatic heterocycles. The largest absolute Gasteiger partial charge is 2.00 e. The standard InChI is InChI=1S/C12H9.BrH.Mg/c1-3-7-11(8-4-1)12-9-5-2-6-10-12;;/h1-5,7-10H;1H;/q-1;;+2/p-1. The Hall–Kier alpha value is -0.314. The first-order chi connectivity index (χ1) is 5.97. The van der Waals surface area contributed by atoms with Crippen LogP contribution in [-0.4, -0.2) is 23.1 Å². The van der Waals surface area contributed by atoms with Crippen molar-refractivity contribution < 1.29 is 17.0 Å². The fourth-order valence-corrected chi connectivity index (χ4v) is 1.20. The van der Waals surface area contributed by atoms with E-state index in [4.69, 9.17) is 0 Å². The van der Waals surface area contributed by atoms with Gasteiger partial charge in [-0.1, -0.05) is 35.9 Å². The van der Waals surface area contributed by atoms with E-state index in [-0.39, 0.29) is 40.0 Å². The Morgan fingerprint density at radius 3 is 2.00 bits per heavy atom. The summed E-state index contributed by atoms with van der Waals surface area (Å²) >= 11 is 0. The maximum absolute atomic E-state index is 3.06. The molecule has 2 aromatic rings. The van der Waals surface area contributed by atoms with E-state index in [0.717, 1.165) is 0 Å². The molecule has 0 aliphatic rings. The van der Waals surface area contributed by atoms with Crippen molar-refractivity contribution in [2.24, 2.45) is 0 Å². The van der Waals surface area contributed by atoms with Crippen LogP contribution in [0.3, 0.4) is 0 Å². The predicted molar refractivity (Wildman–Crippen MR) is 56.5 cm³/mol. The number of hydrogen-bond donors (Lipinski definition) is 0. The van der Waals surface area contributed by atoms with Gasteiger partial charge in [-0.25, -0.2) is 0 Å². The van der Waals surface area contributed by atoms with Gasteiger partial charge in [-0.15, -0.1) is 5.56 Å². The number of hydrogen-bond acceptors (Lipinski definition) is 0. The van der Waals surface area contributed by atoms with Gasteiger partial charge in [0.15, 0.2) is 0 Å². The van der Waals surface area contributed by atoms with E-state index in [9.17, 15) is 0 Å². The monoisotopic (exact) mass is 256 g/mol. The number of halogens is 1. The molecule has 0 bridgehead atoms. The maximum atomic E-state index is 3.06. The third-order valence-corrected chi connectivity index (χ3v) is 1.81. The predicted octanol–water partition coefficient (Wildman–Crippen LogP) is -0.223. The topological polar surface area (TPSA) is 0 Å². The zero-order valence-electron chi connectivity index (χ0n) is 7.78. The SMILES string of the molecule is [Br-].[Mg+2].[c-]1cccc(-c2ccccc2)c1. The van der Waals surface area contributed by atoms with Crippen molar-refractivity contribution in [1.82, 2.24) is 0 Å². The Kier molecular flexibility index (Phi) is 6.88. The molecule has 0 amide bonds. The Labute approximate surface area is 111 Å². The average molecular weight is 257 g/mol. The first-order valence-corrected chi connectivity index (χ1v) is 3.98. The summed E-state index contributed by atoms with van der Waals surface area (Å²) in [5, 5.41) is 0. The van der Waals surface area contributed by atoms with Crippen LogP contribution in [-0.2, 0) is 0 Å². The molecule has 0 unspecified atom stereocenters. The van der Waals surface area contributed by atoms with Gasteiger partial charge >= 0.3 is 23.1 Å². The first-order valence-electron chi connectivity index (χ1n) is 3.98. The van der Waals surface area contributed by atoms with Crippen LogP contribution in [0, 0.1) is 6.07 Å². The minimum absolute atomic E-state index is 0. The molecule has 66 valence electrons. The number of benzene rings is 2. The van der Waals surface area contributed by atoms with Gasteiger partial charge in [-0.05, 0) is 0 Å². The van der Waals surface area contributed by atoms with Crippen molar-refractivity contribution in [1.29, 1.82) is 0 Å². The van der Waals surface area contributed by atoms with Gasteiger partial charge in [0.1, 0.15) is 0 Å². The molecule has 0 saturated carbocycles. The normalized spacial score (nSPS) is 8.29. The Morgan fingerprint density at radius 1 is 0.786 bits per heavy atom. The van der Waals surface area contributed by atoms with Crippen molar-refractivity contribution in [3.8, 4) is 11.1 Å². The first kappa shape index (κ1) is 13.7. The second-order valence-electron chi connectivity index (χ2n) is 2.66. The van der Waals surface area contributed by atoms with E-state index in [0.29, 0.717) is 0 Å². The summed E-state index contributed by atoms with van der Waals surface area (Å²) in [6, 6.07) is 21.4. The van der Waals surface area contributed by atoms with Gasteiger partial charge in [0, 0.05) is 0 Å². The molecule has 2 rings (SSSR count). The van der Waals surface area contributed by atoms with Crippen LogP contribution in [0.4, 0.5) is 0 Å². The van der Waals surface area contributed by atoms with Gasteiger partial charge in [-0.2, -0.15) is 30.3 Å². The molecule has 0 nitrogen and oxygen atoms in total. The molecule has 0 heterocycles. The average Bonchev–Trinajstić information content (AvgIpc) is 2.21. The zero-order valence-corrected chi connectivity index (χ0v) is 10.8. The summed E-state index contributed by atoms with van der Waals surface area (Å²) in [5.41, 5.74) is 2.47. The van der Waals surface area contributed by atoms with E-state index in [2.05, 4.69) is 24.3 Å². The van der Waals surface area contributed by atoms with Crippen molar-refractivity contribution in [2.45, 2.75) is 0 Å². The van der Waals surface area contributed by atoms with Gasteiger partial charge in [0.25, 0.3) is 0 Å². The van der Waals surface area contributed by atoms with E-state index in [1.165, 1.54) is 11.1 Å². The molecule has 0 atom stereocenters. The summed E-state index contributed by atoms with van der Waals surface area (Å²) < 4.78 is 0. The maximum Gasteiger partial charge on any atom is 2.00 e. The van der Waals surface area contributed by atoms with Gasteiger partial charge in [0.2, 0.25) is 0 Å². The van der Waals surface area contributed by atoms with Crippen LogP contribution >= 0.6 is 0 Å². The molecular formula is C12H9BrMg. The second-order valence-corrected chi connectivity index (χ2v) is 2.66. The van der Waals surface area contributed by atoms with Crippen molar-refractivity contribution in [3.05, 3.63) is 60.7 Å². The summed E-state index contributed by atoms with van der Waals surface area (Å²) in [6.07, 6.45) is 0. The third kappa shape index (κ3) is 3.44. The summed E-state index contributed by atoms with van der Waals surface area (Å²) in [5.74, 6) is 0. The molecule has 0 aliphatic carbocycles. The minimum Gasteiger partial charge on any atom is -1.00 e. The Balaban J connectivity index is 0.000000845. The van der Waals surface area contributed by atoms with Gasteiger partial charge in [-0.3, -0.25) is 0 Å². The smallest absolute Gasteiger partial charge is 1.00 e. The van der Waals surface area contributed by atoms with E-state index in [1.807, 2.05) is 36.4 Å². The van der Waals surface area contributed by atoms with Crippen LogP contribution in [0.25, 0.3) is 11.1 Å². The van der Waals surface area contributed by atoms with E-state index in [1.54, 1.807) is 0 Å². The van der Waals surface area contributed by atoms with Crippen molar-refractivity contribution in [2.75, 3.05) is 0 Å². The van der Waals surface area contributed by atoms with Gasteiger partial charge in [0.05, 0.1) is 0 Å². The molecule has 0 N–H and O–H groups in total. The second kappa shape index (κ2) is 7.04. The molecule has 14 heavy (non-hydrogen) atoms. The molecule has 2 aromatic carbocycles. The van der Waals surface area contributed by atoms with Crippen LogP contribution in [0.15, 0.2) is 54.6 Å². The van der Waals surface area contributed by atoms with Crippen LogP contribution < -0.4 is 17.0 Å².